The lowest BCUT2D eigenvalue weighted by atomic mass is 10.3. The highest BCUT2D eigenvalue weighted by Gasteiger charge is 2.27. The van der Waals surface area contributed by atoms with Crippen molar-refractivity contribution in [2.75, 3.05) is 17.3 Å². The number of anilines is 2. The van der Waals surface area contributed by atoms with Gasteiger partial charge >= 0.3 is 0 Å². The minimum atomic E-state index is 0.511. The number of nitrogens with one attached hydrogen (secondary N) is 2. The van der Waals surface area contributed by atoms with Gasteiger partial charge in [-0.1, -0.05) is 0 Å². The summed E-state index contributed by atoms with van der Waals surface area (Å²) in [5, 5.41) is 3.34. The molecule has 0 atom stereocenters. The Bertz CT molecular complexity index is 596. The average Bonchev–Trinajstić information content (AvgIpc) is 3.22. The minimum Gasteiger partial charge on any atom is -0.370 e. The molecular weight excluding hydrogens is 338 g/mol. The molecule has 0 radical (unpaired) electrons. The maximum atomic E-state index is 5.46. The van der Waals surface area contributed by atoms with Crippen LogP contribution in [-0.2, 0) is 6.42 Å². The molecule has 0 aromatic carbocycles. The Balaban J connectivity index is 1.62. The molecule has 106 valence electrons. The van der Waals surface area contributed by atoms with Crippen molar-refractivity contribution in [3.8, 4) is 0 Å². The molecule has 0 unspecified atom stereocenters. The Hall–Kier alpha value is -1.18. The third kappa shape index (κ3) is 3.47. The molecule has 7 heteroatoms. The first kappa shape index (κ1) is 13.8. The molecule has 2 heterocycles. The summed E-state index contributed by atoms with van der Waals surface area (Å²) in [7, 11) is 0. The third-order valence-electron chi connectivity index (χ3n) is 3.14. The number of hydrogen-bond donors (Lipinski definition) is 3. The van der Waals surface area contributed by atoms with E-state index in [1.807, 2.05) is 6.07 Å². The van der Waals surface area contributed by atoms with Crippen LogP contribution in [0.4, 0.5) is 11.6 Å². The monoisotopic (exact) mass is 353 g/mol. The predicted molar refractivity (Wildman–Crippen MR) is 86.0 cm³/mol. The lowest BCUT2D eigenvalue weighted by molar-refractivity contribution is 0.916. The van der Waals surface area contributed by atoms with E-state index >= 15 is 0 Å². The van der Waals surface area contributed by atoms with E-state index in [9.17, 15) is 0 Å². The molecule has 2 aromatic rings. The summed E-state index contributed by atoms with van der Waals surface area (Å²) in [6.45, 7) is 0.845. The Labute approximate surface area is 130 Å². The molecule has 0 bridgehead atoms. The quantitative estimate of drug-likeness (QED) is 0.549. The number of nitrogens with two attached hydrogens (primary N) is 1. The van der Waals surface area contributed by atoms with Gasteiger partial charge in [-0.15, -0.1) is 11.3 Å². The standard InChI is InChI=1S/C13H16BrN5S/c14-10-4-3-9(20-10)5-6-16-11-7-12(19-15)18-13(17-11)8-1-2-8/h3-4,7-8H,1-2,5-6,15H2,(H2,16,17,18,19). The van der Waals surface area contributed by atoms with Crippen molar-refractivity contribution < 1.29 is 0 Å². The summed E-state index contributed by atoms with van der Waals surface area (Å²) in [6, 6.07) is 6.06. The molecule has 1 aliphatic rings. The van der Waals surface area contributed by atoms with Crippen molar-refractivity contribution in [2.45, 2.75) is 25.2 Å². The molecule has 1 fully saturated rings. The zero-order valence-corrected chi connectivity index (χ0v) is 13.3. The van der Waals surface area contributed by atoms with Gasteiger partial charge in [-0.2, -0.15) is 0 Å². The molecule has 0 spiro atoms. The summed E-state index contributed by atoms with van der Waals surface area (Å²) < 4.78 is 1.17. The number of nitrogens with zero attached hydrogens (tertiary/aromatic N) is 2. The van der Waals surface area contributed by atoms with Crippen LogP contribution in [0.15, 0.2) is 22.0 Å². The van der Waals surface area contributed by atoms with Crippen LogP contribution in [0.3, 0.4) is 0 Å². The van der Waals surface area contributed by atoms with Crippen LogP contribution in [0, 0.1) is 0 Å². The second-order valence-electron chi connectivity index (χ2n) is 4.80. The molecule has 2 aromatic heterocycles. The largest absolute Gasteiger partial charge is 0.370 e. The van der Waals surface area contributed by atoms with Crippen LogP contribution >= 0.6 is 27.3 Å². The van der Waals surface area contributed by atoms with Crippen molar-refractivity contribution in [2.24, 2.45) is 5.84 Å². The normalized spacial score (nSPS) is 14.3. The maximum absolute atomic E-state index is 5.46. The molecule has 5 nitrogen and oxygen atoms in total. The maximum Gasteiger partial charge on any atom is 0.145 e. The molecular formula is C13H16BrN5S. The van der Waals surface area contributed by atoms with Gasteiger partial charge in [0.05, 0.1) is 3.79 Å². The SMILES string of the molecule is NNc1cc(NCCc2ccc(Br)s2)nc(C2CC2)n1. The van der Waals surface area contributed by atoms with Crippen LogP contribution in [0.1, 0.15) is 29.5 Å². The zero-order valence-electron chi connectivity index (χ0n) is 10.9. The molecule has 0 saturated heterocycles. The van der Waals surface area contributed by atoms with Crippen molar-refractivity contribution in [3.63, 3.8) is 0 Å². The molecule has 3 rings (SSSR count). The van der Waals surface area contributed by atoms with Crippen molar-refractivity contribution in [1.29, 1.82) is 0 Å². The smallest absolute Gasteiger partial charge is 0.145 e. The molecule has 4 N–H and O–H groups in total. The molecule has 0 amide bonds. The van der Waals surface area contributed by atoms with Crippen molar-refractivity contribution in [3.05, 3.63) is 32.7 Å². The fourth-order valence-electron chi connectivity index (χ4n) is 1.95. The number of rotatable bonds is 6. The van der Waals surface area contributed by atoms with Crippen LogP contribution in [-0.4, -0.2) is 16.5 Å². The molecule has 1 saturated carbocycles. The van der Waals surface area contributed by atoms with Gasteiger partial charge in [-0.25, -0.2) is 15.8 Å². The van der Waals surface area contributed by atoms with Gasteiger partial charge in [-0.3, -0.25) is 0 Å². The van der Waals surface area contributed by atoms with Gasteiger partial charge in [0.15, 0.2) is 0 Å². The Kier molecular flexibility index (Phi) is 4.18. The van der Waals surface area contributed by atoms with Gasteiger partial charge in [-0.05, 0) is 47.3 Å². The van der Waals surface area contributed by atoms with E-state index in [0.717, 1.165) is 24.6 Å². The minimum absolute atomic E-state index is 0.511. The first-order valence-electron chi connectivity index (χ1n) is 6.58. The Morgan fingerprint density at radius 3 is 2.75 bits per heavy atom. The van der Waals surface area contributed by atoms with Crippen LogP contribution in [0.5, 0.6) is 0 Å². The lowest BCUT2D eigenvalue weighted by Crippen LogP contribution is -2.13. The van der Waals surface area contributed by atoms with Gasteiger partial charge in [0.25, 0.3) is 0 Å². The van der Waals surface area contributed by atoms with Crippen LogP contribution in [0.25, 0.3) is 0 Å². The van der Waals surface area contributed by atoms with E-state index in [4.69, 9.17) is 5.84 Å². The van der Waals surface area contributed by atoms with E-state index in [1.165, 1.54) is 21.5 Å². The fourth-order valence-corrected chi connectivity index (χ4v) is 3.44. The number of hydrogen-bond acceptors (Lipinski definition) is 6. The van der Waals surface area contributed by atoms with Gasteiger partial charge in [0.1, 0.15) is 17.5 Å². The van der Waals surface area contributed by atoms with E-state index in [-0.39, 0.29) is 0 Å². The highest BCUT2D eigenvalue weighted by Crippen LogP contribution is 2.38. The first-order chi connectivity index (χ1) is 9.74. The first-order valence-corrected chi connectivity index (χ1v) is 8.19. The van der Waals surface area contributed by atoms with E-state index in [0.29, 0.717) is 11.7 Å². The second kappa shape index (κ2) is 6.07. The lowest BCUT2D eigenvalue weighted by Gasteiger charge is -2.09. The van der Waals surface area contributed by atoms with Crippen LogP contribution < -0.4 is 16.6 Å². The number of hydrazine groups is 1. The predicted octanol–water partition coefficient (Wildman–Crippen LogP) is 3.12. The fraction of sp³-hybridized carbons (Fsp3) is 0.385. The van der Waals surface area contributed by atoms with E-state index in [1.54, 1.807) is 11.3 Å². The highest BCUT2D eigenvalue weighted by atomic mass is 79.9. The number of nitrogen functional groups attached to an aromatic ring is 1. The Morgan fingerprint density at radius 1 is 1.30 bits per heavy atom. The summed E-state index contributed by atoms with van der Waals surface area (Å²) in [5.41, 5.74) is 2.61. The molecule has 20 heavy (non-hydrogen) atoms. The van der Waals surface area contributed by atoms with Gasteiger partial charge < -0.3 is 10.7 Å². The zero-order chi connectivity index (χ0) is 13.9. The Morgan fingerprint density at radius 2 is 2.10 bits per heavy atom. The highest BCUT2D eigenvalue weighted by molar-refractivity contribution is 9.11. The second-order valence-corrected chi connectivity index (χ2v) is 7.35. The van der Waals surface area contributed by atoms with Crippen LogP contribution in [0.2, 0.25) is 0 Å². The molecule has 0 aliphatic heterocycles. The molecule has 1 aliphatic carbocycles. The summed E-state index contributed by atoms with van der Waals surface area (Å²) in [4.78, 5) is 10.3. The van der Waals surface area contributed by atoms with E-state index in [2.05, 4.69) is 48.8 Å². The summed E-state index contributed by atoms with van der Waals surface area (Å²) >= 11 is 5.24. The van der Waals surface area contributed by atoms with Crippen molar-refractivity contribution in [1.82, 2.24) is 9.97 Å². The van der Waals surface area contributed by atoms with Gasteiger partial charge in [0, 0.05) is 23.4 Å². The average molecular weight is 354 g/mol. The third-order valence-corrected chi connectivity index (χ3v) is 4.82. The summed E-state index contributed by atoms with van der Waals surface area (Å²) in [5.74, 6) is 8.37. The number of aromatic nitrogens is 2. The van der Waals surface area contributed by atoms with Crippen molar-refractivity contribution >= 4 is 38.9 Å². The number of halogens is 1. The number of thiophene rings is 1. The van der Waals surface area contributed by atoms with Gasteiger partial charge in [0.2, 0.25) is 0 Å². The van der Waals surface area contributed by atoms with E-state index < -0.39 is 0 Å². The topological polar surface area (TPSA) is 75.9 Å². The summed E-state index contributed by atoms with van der Waals surface area (Å²) in [6.07, 6.45) is 3.33.